The topological polar surface area (TPSA) is 72.1 Å². The highest BCUT2D eigenvalue weighted by atomic mass is 79.9. The van der Waals surface area contributed by atoms with Gasteiger partial charge in [-0.25, -0.2) is 0 Å². The first kappa shape index (κ1) is 12.3. The number of rotatable bonds is 3. The average molecular weight is 323 g/mol. The minimum absolute atomic E-state index is 0.100. The van der Waals surface area contributed by atoms with Crippen LogP contribution in [-0.4, -0.2) is 37.3 Å². The molecule has 1 amide bonds. The molecule has 19 heavy (non-hydrogen) atoms. The monoisotopic (exact) mass is 322 g/mol. The number of alkyl halides is 1. The maximum atomic E-state index is 11.7. The van der Waals surface area contributed by atoms with Crippen LogP contribution in [0.25, 0.3) is 11.4 Å². The van der Waals surface area contributed by atoms with Crippen molar-refractivity contribution in [3.8, 4) is 11.4 Å². The van der Waals surface area contributed by atoms with Crippen LogP contribution in [0, 0.1) is 0 Å². The van der Waals surface area contributed by atoms with Crippen molar-refractivity contribution in [3.05, 3.63) is 30.4 Å². The number of hydrogen-bond acceptors (Lipinski definition) is 5. The van der Waals surface area contributed by atoms with Gasteiger partial charge in [0.25, 0.3) is 0 Å². The Bertz CT molecular complexity index is 586. The molecule has 0 radical (unpaired) electrons. The zero-order valence-electron chi connectivity index (χ0n) is 9.99. The lowest BCUT2D eigenvalue weighted by molar-refractivity contribution is -0.128. The van der Waals surface area contributed by atoms with Crippen molar-refractivity contribution in [2.45, 2.75) is 17.8 Å². The largest absolute Gasteiger partial charge is 0.337 e. The molecule has 7 heteroatoms. The van der Waals surface area contributed by atoms with Gasteiger partial charge in [-0.1, -0.05) is 21.1 Å². The Labute approximate surface area is 118 Å². The minimum Gasteiger partial charge on any atom is -0.337 e. The Morgan fingerprint density at radius 1 is 1.53 bits per heavy atom. The van der Waals surface area contributed by atoms with Gasteiger partial charge in [0, 0.05) is 35.7 Å². The lowest BCUT2D eigenvalue weighted by Crippen LogP contribution is -2.24. The van der Waals surface area contributed by atoms with E-state index in [-0.39, 0.29) is 10.7 Å². The molecule has 0 aliphatic carbocycles. The van der Waals surface area contributed by atoms with Gasteiger partial charge in [0.05, 0.1) is 0 Å². The highest BCUT2D eigenvalue weighted by molar-refractivity contribution is 9.09. The van der Waals surface area contributed by atoms with Crippen molar-refractivity contribution in [1.82, 2.24) is 20.0 Å². The Hall–Kier alpha value is -1.76. The van der Waals surface area contributed by atoms with Crippen LogP contribution in [0.15, 0.2) is 29.0 Å². The van der Waals surface area contributed by atoms with Crippen LogP contribution in [-0.2, 0) is 11.3 Å². The first-order chi connectivity index (χ1) is 9.22. The van der Waals surface area contributed by atoms with E-state index in [2.05, 4.69) is 31.1 Å². The van der Waals surface area contributed by atoms with Crippen molar-refractivity contribution in [3.63, 3.8) is 0 Å². The summed E-state index contributed by atoms with van der Waals surface area (Å²) in [6.07, 6.45) is 3.87. The third-order valence-electron chi connectivity index (χ3n) is 2.88. The molecule has 1 unspecified atom stereocenters. The number of nitrogens with zero attached hydrogens (tertiary/aromatic N) is 4. The van der Waals surface area contributed by atoms with E-state index in [4.69, 9.17) is 4.52 Å². The van der Waals surface area contributed by atoms with E-state index in [0.717, 1.165) is 5.56 Å². The summed E-state index contributed by atoms with van der Waals surface area (Å²) in [5.74, 6) is 1.03. The quantitative estimate of drug-likeness (QED) is 0.803. The van der Waals surface area contributed by atoms with Crippen molar-refractivity contribution in [1.29, 1.82) is 0 Å². The molecule has 0 saturated carbocycles. The molecule has 2 aromatic heterocycles. The van der Waals surface area contributed by atoms with Gasteiger partial charge in [0.15, 0.2) is 0 Å². The molecular weight excluding hydrogens is 312 g/mol. The van der Waals surface area contributed by atoms with Crippen LogP contribution in [0.3, 0.4) is 0 Å². The van der Waals surface area contributed by atoms with Gasteiger partial charge in [-0.2, -0.15) is 4.98 Å². The summed E-state index contributed by atoms with van der Waals surface area (Å²) in [4.78, 5) is 21.9. The second-order valence-electron chi connectivity index (χ2n) is 4.33. The Balaban J connectivity index is 1.74. The van der Waals surface area contributed by atoms with E-state index in [0.29, 0.717) is 31.2 Å². The van der Waals surface area contributed by atoms with E-state index in [9.17, 15) is 4.79 Å². The van der Waals surface area contributed by atoms with E-state index >= 15 is 0 Å². The summed E-state index contributed by atoms with van der Waals surface area (Å²) >= 11 is 3.44. The van der Waals surface area contributed by atoms with Crippen LogP contribution in [0.5, 0.6) is 0 Å². The van der Waals surface area contributed by atoms with Crippen LogP contribution >= 0.6 is 15.9 Å². The molecule has 3 heterocycles. The predicted octanol–water partition coefficient (Wildman–Crippen LogP) is 1.63. The molecule has 0 aromatic carbocycles. The van der Waals surface area contributed by atoms with Crippen LogP contribution in [0.2, 0.25) is 0 Å². The number of hydrogen-bond donors (Lipinski definition) is 0. The zero-order valence-corrected chi connectivity index (χ0v) is 11.6. The van der Waals surface area contributed by atoms with Crippen molar-refractivity contribution in [2.75, 3.05) is 6.54 Å². The van der Waals surface area contributed by atoms with Gasteiger partial charge in [-0.3, -0.25) is 9.78 Å². The maximum Gasteiger partial charge on any atom is 0.246 e. The van der Waals surface area contributed by atoms with Crippen molar-refractivity contribution < 1.29 is 9.32 Å². The first-order valence-corrected chi connectivity index (χ1v) is 6.79. The molecule has 1 atom stereocenters. The normalized spacial score (nSPS) is 19.1. The van der Waals surface area contributed by atoms with Crippen LogP contribution in [0.4, 0.5) is 0 Å². The number of carbonyl (C=O) groups excluding carboxylic acids is 1. The van der Waals surface area contributed by atoms with Crippen molar-refractivity contribution >= 4 is 21.8 Å². The molecule has 1 fully saturated rings. The number of pyridine rings is 1. The molecule has 1 aliphatic heterocycles. The summed E-state index contributed by atoms with van der Waals surface area (Å²) in [6, 6.07) is 3.67. The van der Waals surface area contributed by atoms with E-state index < -0.39 is 0 Å². The van der Waals surface area contributed by atoms with E-state index in [1.807, 2.05) is 12.1 Å². The van der Waals surface area contributed by atoms with E-state index in [1.165, 1.54) is 0 Å². The second-order valence-corrected chi connectivity index (χ2v) is 5.62. The molecular formula is C12H11BrN4O2. The van der Waals surface area contributed by atoms with Gasteiger partial charge >= 0.3 is 0 Å². The average Bonchev–Trinajstić information content (AvgIpc) is 2.99. The standard InChI is InChI=1S/C12H11BrN4O2/c13-9-4-11(18)17(6-9)7-10-15-12(16-19-10)8-2-1-3-14-5-8/h1-3,5,9H,4,6-7H2. The molecule has 0 spiro atoms. The fourth-order valence-electron chi connectivity index (χ4n) is 1.97. The molecule has 1 aliphatic rings. The third-order valence-corrected chi connectivity index (χ3v) is 3.49. The minimum atomic E-state index is 0.100. The SMILES string of the molecule is O=C1CC(Br)CN1Cc1nc(-c2cccnc2)no1. The van der Waals surface area contributed by atoms with Gasteiger partial charge in [0.2, 0.25) is 17.6 Å². The molecule has 2 aromatic rings. The highest BCUT2D eigenvalue weighted by Crippen LogP contribution is 2.21. The summed E-state index contributed by atoms with van der Waals surface area (Å²) in [5, 5.41) is 3.90. The number of halogens is 1. The fraction of sp³-hybridized carbons (Fsp3) is 0.333. The first-order valence-electron chi connectivity index (χ1n) is 5.87. The van der Waals surface area contributed by atoms with Crippen LogP contribution in [0.1, 0.15) is 12.3 Å². The van der Waals surface area contributed by atoms with Gasteiger partial charge in [-0.05, 0) is 12.1 Å². The third kappa shape index (κ3) is 2.65. The molecule has 0 N–H and O–H groups in total. The summed E-state index contributed by atoms with van der Waals surface area (Å²) < 4.78 is 5.17. The van der Waals surface area contributed by atoms with Crippen LogP contribution < -0.4 is 0 Å². The fourth-order valence-corrected chi connectivity index (χ4v) is 2.60. The van der Waals surface area contributed by atoms with Crippen molar-refractivity contribution in [2.24, 2.45) is 0 Å². The number of aromatic nitrogens is 3. The molecule has 3 rings (SSSR count). The summed E-state index contributed by atoms with van der Waals surface area (Å²) in [6.45, 7) is 1.03. The number of amides is 1. The van der Waals surface area contributed by atoms with Gasteiger partial charge in [-0.15, -0.1) is 0 Å². The second kappa shape index (κ2) is 5.08. The lowest BCUT2D eigenvalue weighted by Gasteiger charge is -2.11. The Morgan fingerprint density at radius 2 is 2.42 bits per heavy atom. The highest BCUT2D eigenvalue weighted by Gasteiger charge is 2.29. The zero-order chi connectivity index (χ0) is 13.2. The van der Waals surface area contributed by atoms with Gasteiger partial charge < -0.3 is 9.42 Å². The molecule has 98 valence electrons. The Kier molecular flexibility index (Phi) is 3.29. The molecule has 0 bridgehead atoms. The van der Waals surface area contributed by atoms with Gasteiger partial charge in [0.1, 0.15) is 6.54 Å². The lowest BCUT2D eigenvalue weighted by atomic mass is 10.3. The summed E-state index contributed by atoms with van der Waals surface area (Å²) in [5.41, 5.74) is 0.795. The molecule has 6 nitrogen and oxygen atoms in total. The number of likely N-dealkylation sites (tertiary alicyclic amines) is 1. The maximum absolute atomic E-state index is 11.7. The smallest absolute Gasteiger partial charge is 0.246 e. The predicted molar refractivity (Wildman–Crippen MR) is 70.3 cm³/mol. The molecule has 1 saturated heterocycles. The summed E-state index contributed by atoms with van der Waals surface area (Å²) in [7, 11) is 0. The Morgan fingerprint density at radius 3 is 3.11 bits per heavy atom. The number of carbonyl (C=O) groups is 1. The van der Waals surface area contributed by atoms with E-state index in [1.54, 1.807) is 17.3 Å².